The van der Waals surface area contributed by atoms with Crippen LogP contribution in [0.5, 0.6) is 0 Å². The van der Waals surface area contributed by atoms with Crippen molar-refractivity contribution in [2.75, 3.05) is 0 Å². The molecule has 1 atom stereocenters. The Kier molecular flexibility index (Phi) is 6.69. The van der Waals surface area contributed by atoms with Gasteiger partial charge < -0.3 is 0 Å². The summed E-state index contributed by atoms with van der Waals surface area (Å²) in [5.41, 5.74) is 0. The highest BCUT2D eigenvalue weighted by Crippen LogP contribution is 2.21. The van der Waals surface area contributed by atoms with E-state index in [4.69, 9.17) is 0 Å². The second kappa shape index (κ2) is 6.69. The quantitative estimate of drug-likeness (QED) is 0.504. The lowest BCUT2D eigenvalue weighted by atomic mass is 9.88. The zero-order valence-corrected chi connectivity index (χ0v) is 8.69. The van der Waals surface area contributed by atoms with Crippen LogP contribution in [0, 0.1) is 11.8 Å². The van der Waals surface area contributed by atoms with Crippen molar-refractivity contribution in [1.82, 2.24) is 0 Å². The molecular weight excluding hydrogens is 132 g/mol. The van der Waals surface area contributed by atoms with Crippen molar-refractivity contribution in [3.63, 3.8) is 0 Å². The molecule has 11 heavy (non-hydrogen) atoms. The molecule has 0 radical (unpaired) electrons. The minimum absolute atomic E-state index is 0.886. The van der Waals surface area contributed by atoms with Gasteiger partial charge in [0.25, 0.3) is 0 Å². The summed E-state index contributed by atoms with van der Waals surface area (Å²) in [4.78, 5) is 0. The summed E-state index contributed by atoms with van der Waals surface area (Å²) in [6.07, 6.45) is 7.02. The Morgan fingerprint density at radius 3 is 2.00 bits per heavy atom. The fourth-order valence-electron chi connectivity index (χ4n) is 1.67. The molecule has 0 heteroatoms. The van der Waals surface area contributed by atoms with E-state index in [1.165, 1.54) is 32.1 Å². The average Bonchev–Trinajstić information content (AvgIpc) is 1.97. The smallest absolute Gasteiger partial charge is 0.0394 e. The van der Waals surface area contributed by atoms with Gasteiger partial charge in [-0.2, -0.15) is 0 Å². The van der Waals surface area contributed by atoms with Crippen LogP contribution in [0.4, 0.5) is 0 Å². The molecule has 0 aliphatic heterocycles. The average molecular weight is 156 g/mol. The third kappa shape index (κ3) is 5.29. The van der Waals surface area contributed by atoms with Gasteiger partial charge in [-0.1, -0.05) is 59.8 Å². The molecule has 0 heterocycles. The lowest BCUT2D eigenvalue weighted by Gasteiger charge is -2.18. The summed E-state index contributed by atoms with van der Waals surface area (Å²) in [6.45, 7) is 9.28. The summed E-state index contributed by atoms with van der Waals surface area (Å²) in [6, 6.07) is 0. The molecule has 68 valence electrons. The summed E-state index contributed by atoms with van der Waals surface area (Å²) < 4.78 is 0. The topological polar surface area (TPSA) is 0 Å². The SMILES string of the molecule is CCCCCC(CC)C(C)C. The van der Waals surface area contributed by atoms with Crippen molar-refractivity contribution in [3.05, 3.63) is 0 Å². The highest BCUT2D eigenvalue weighted by Gasteiger charge is 2.09. The molecule has 1 unspecified atom stereocenters. The van der Waals surface area contributed by atoms with Gasteiger partial charge in [-0.3, -0.25) is 0 Å². The van der Waals surface area contributed by atoms with Gasteiger partial charge in [-0.25, -0.2) is 0 Å². The molecule has 0 aliphatic carbocycles. The van der Waals surface area contributed by atoms with Crippen LogP contribution in [0.3, 0.4) is 0 Å². The van der Waals surface area contributed by atoms with Crippen LogP contribution in [0.15, 0.2) is 0 Å². The lowest BCUT2D eigenvalue weighted by Crippen LogP contribution is -2.06. The first kappa shape index (κ1) is 11.0. The minimum atomic E-state index is 0.886. The number of rotatable bonds is 6. The second-order valence-corrected chi connectivity index (χ2v) is 3.91. The molecule has 0 rings (SSSR count). The molecular formula is C11H24. The fourth-order valence-corrected chi connectivity index (χ4v) is 1.67. The highest BCUT2D eigenvalue weighted by atomic mass is 14.1. The van der Waals surface area contributed by atoms with Gasteiger partial charge in [0.05, 0.1) is 0 Å². The summed E-state index contributed by atoms with van der Waals surface area (Å²) in [7, 11) is 0. The highest BCUT2D eigenvalue weighted by molar-refractivity contribution is 4.60. The Hall–Kier alpha value is 0. The van der Waals surface area contributed by atoms with Gasteiger partial charge in [0, 0.05) is 0 Å². The van der Waals surface area contributed by atoms with Gasteiger partial charge >= 0.3 is 0 Å². The summed E-state index contributed by atoms with van der Waals surface area (Å²) in [5.74, 6) is 1.86. The Morgan fingerprint density at radius 1 is 1.00 bits per heavy atom. The fraction of sp³-hybridized carbons (Fsp3) is 1.00. The third-order valence-electron chi connectivity index (χ3n) is 2.65. The van der Waals surface area contributed by atoms with E-state index < -0.39 is 0 Å². The molecule has 0 saturated heterocycles. The predicted molar refractivity (Wildman–Crippen MR) is 52.8 cm³/mol. The maximum Gasteiger partial charge on any atom is -0.0394 e. The van der Waals surface area contributed by atoms with E-state index in [0.29, 0.717) is 0 Å². The first-order valence-corrected chi connectivity index (χ1v) is 5.22. The van der Waals surface area contributed by atoms with Crippen LogP contribution in [0.1, 0.15) is 59.8 Å². The molecule has 0 aliphatic rings. The Morgan fingerprint density at radius 2 is 1.64 bits per heavy atom. The maximum atomic E-state index is 2.35. The van der Waals surface area contributed by atoms with Crippen LogP contribution in [-0.4, -0.2) is 0 Å². The Labute approximate surface area is 72.4 Å². The van der Waals surface area contributed by atoms with Crippen LogP contribution < -0.4 is 0 Å². The largest absolute Gasteiger partial charge is 0.0654 e. The van der Waals surface area contributed by atoms with E-state index in [2.05, 4.69) is 27.7 Å². The zero-order chi connectivity index (χ0) is 8.69. The van der Waals surface area contributed by atoms with E-state index in [9.17, 15) is 0 Å². The molecule has 0 spiro atoms. The molecule has 0 saturated carbocycles. The van der Waals surface area contributed by atoms with Crippen LogP contribution in [0.2, 0.25) is 0 Å². The van der Waals surface area contributed by atoms with Crippen molar-refractivity contribution < 1.29 is 0 Å². The van der Waals surface area contributed by atoms with E-state index in [0.717, 1.165) is 11.8 Å². The van der Waals surface area contributed by atoms with Crippen LogP contribution >= 0.6 is 0 Å². The van der Waals surface area contributed by atoms with Gasteiger partial charge in [0.2, 0.25) is 0 Å². The molecule has 0 aromatic carbocycles. The molecule has 0 amide bonds. The molecule has 0 nitrogen and oxygen atoms in total. The second-order valence-electron chi connectivity index (χ2n) is 3.91. The molecule has 0 N–H and O–H groups in total. The first-order chi connectivity index (χ1) is 5.22. The van der Waals surface area contributed by atoms with E-state index in [-0.39, 0.29) is 0 Å². The monoisotopic (exact) mass is 156 g/mol. The predicted octanol–water partition coefficient (Wildman–Crippen LogP) is 4.25. The van der Waals surface area contributed by atoms with Gasteiger partial charge in [0.1, 0.15) is 0 Å². The maximum absolute atomic E-state index is 2.35. The van der Waals surface area contributed by atoms with Crippen molar-refractivity contribution >= 4 is 0 Å². The normalized spacial score (nSPS) is 13.9. The molecule has 0 fully saturated rings. The lowest BCUT2D eigenvalue weighted by molar-refractivity contribution is 0.337. The van der Waals surface area contributed by atoms with Crippen molar-refractivity contribution in [3.8, 4) is 0 Å². The minimum Gasteiger partial charge on any atom is -0.0654 e. The van der Waals surface area contributed by atoms with Crippen LogP contribution in [0.25, 0.3) is 0 Å². The Bertz CT molecular complexity index is 74.1. The van der Waals surface area contributed by atoms with Gasteiger partial charge in [-0.05, 0) is 11.8 Å². The van der Waals surface area contributed by atoms with E-state index in [1.807, 2.05) is 0 Å². The summed E-state index contributed by atoms with van der Waals surface area (Å²) in [5, 5.41) is 0. The number of unbranched alkanes of at least 4 members (excludes halogenated alkanes) is 2. The number of hydrogen-bond acceptors (Lipinski definition) is 0. The van der Waals surface area contributed by atoms with Crippen molar-refractivity contribution in [2.45, 2.75) is 59.8 Å². The third-order valence-corrected chi connectivity index (χ3v) is 2.65. The zero-order valence-electron chi connectivity index (χ0n) is 8.69. The summed E-state index contributed by atoms with van der Waals surface area (Å²) >= 11 is 0. The van der Waals surface area contributed by atoms with Crippen LogP contribution in [-0.2, 0) is 0 Å². The van der Waals surface area contributed by atoms with Gasteiger partial charge in [0.15, 0.2) is 0 Å². The van der Waals surface area contributed by atoms with Gasteiger partial charge in [-0.15, -0.1) is 0 Å². The standard InChI is InChI=1S/C11H24/c1-5-7-8-9-11(6-2)10(3)4/h10-11H,5-9H2,1-4H3. The first-order valence-electron chi connectivity index (χ1n) is 5.22. The van der Waals surface area contributed by atoms with Crippen molar-refractivity contribution in [1.29, 1.82) is 0 Å². The van der Waals surface area contributed by atoms with E-state index >= 15 is 0 Å². The molecule has 0 aromatic rings. The number of hydrogen-bond donors (Lipinski definition) is 0. The van der Waals surface area contributed by atoms with Crippen molar-refractivity contribution in [2.24, 2.45) is 11.8 Å². The van der Waals surface area contributed by atoms with E-state index in [1.54, 1.807) is 0 Å². The molecule has 0 bridgehead atoms. The molecule has 0 aromatic heterocycles. The Balaban J connectivity index is 3.36.